The molecule has 1 aliphatic rings. The third-order valence-electron chi connectivity index (χ3n) is 2.54. The van der Waals surface area contributed by atoms with Gasteiger partial charge in [0.05, 0.1) is 7.11 Å². The first-order valence-electron chi connectivity index (χ1n) is 5.59. The summed E-state index contributed by atoms with van der Waals surface area (Å²) in [6.45, 7) is 0.385. The van der Waals surface area contributed by atoms with Crippen LogP contribution >= 0.6 is 34.8 Å². The second-order valence-corrected chi connectivity index (χ2v) is 6.22. The lowest BCUT2D eigenvalue weighted by Gasteiger charge is -2.08. The van der Waals surface area contributed by atoms with Crippen LogP contribution in [0.2, 0.25) is 0 Å². The highest BCUT2D eigenvalue weighted by atomic mass is 35.6. The predicted octanol–water partition coefficient (Wildman–Crippen LogP) is 3.88. The van der Waals surface area contributed by atoms with E-state index < -0.39 is 3.79 Å². The Morgan fingerprint density at radius 3 is 2.53 bits per heavy atom. The summed E-state index contributed by atoms with van der Waals surface area (Å²) in [5, 5.41) is 0. The van der Waals surface area contributed by atoms with Crippen molar-refractivity contribution in [3.8, 4) is 5.75 Å². The van der Waals surface area contributed by atoms with E-state index >= 15 is 0 Å². The first-order chi connectivity index (χ1) is 8.99. The topological polar surface area (TPSA) is 30.8 Å². The van der Waals surface area contributed by atoms with Crippen molar-refractivity contribution in [1.29, 1.82) is 0 Å². The van der Waals surface area contributed by atoms with E-state index in [0.717, 1.165) is 11.3 Å². The van der Waals surface area contributed by atoms with Gasteiger partial charge in [0.2, 0.25) is 5.90 Å². The molecule has 0 bridgehead atoms. The molecule has 19 heavy (non-hydrogen) atoms. The fraction of sp³-hybridized carbons (Fsp3) is 0.308. The van der Waals surface area contributed by atoms with Crippen LogP contribution in [0.1, 0.15) is 5.56 Å². The molecule has 0 aliphatic carbocycles. The third kappa shape index (κ3) is 4.03. The monoisotopic (exact) mass is 319 g/mol. The smallest absolute Gasteiger partial charge is 0.266 e. The Kier molecular flexibility index (Phi) is 4.61. The Morgan fingerprint density at radius 1 is 1.32 bits per heavy atom. The lowest BCUT2D eigenvalue weighted by Crippen LogP contribution is -2.18. The molecule has 1 unspecified atom stereocenters. The molecular formula is C13H12Cl3NO2. The molecule has 0 radical (unpaired) electrons. The molecule has 6 heteroatoms. The molecule has 0 fully saturated rings. The van der Waals surface area contributed by atoms with Gasteiger partial charge in [0.25, 0.3) is 3.79 Å². The normalized spacial score (nSPS) is 19.4. The van der Waals surface area contributed by atoms with Gasteiger partial charge in [-0.2, -0.15) is 0 Å². The minimum atomic E-state index is -1.59. The molecule has 0 N–H and O–H groups in total. The highest BCUT2D eigenvalue weighted by Crippen LogP contribution is 2.31. The zero-order valence-electron chi connectivity index (χ0n) is 10.1. The van der Waals surface area contributed by atoms with E-state index in [2.05, 4.69) is 4.99 Å². The van der Waals surface area contributed by atoms with Crippen molar-refractivity contribution in [2.45, 2.75) is 9.83 Å². The molecule has 1 aromatic rings. The maximum atomic E-state index is 5.69. The number of aliphatic imine (C=N–C) groups is 1. The molecule has 0 amide bonds. The number of rotatable bonds is 3. The average molecular weight is 321 g/mol. The largest absolute Gasteiger partial charge is 0.497 e. The number of halogens is 3. The van der Waals surface area contributed by atoms with Crippen LogP contribution in [0.5, 0.6) is 5.75 Å². The minimum absolute atomic E-state index is 0.132. The molecule has 0 saturated heterocycles. The molecule has 1 heterocycles. The Labute approximate surface area is 126 Å². The van der Waals surface area contributed by atoms with E-state index in [1.165, 1.54) is 0 Å². The summed E-state index contributed by atoms with van der Waals surface area (Å²) in [6, 6.07) is 7.55. The van der Waals surface area contributed by atoms with Crippen LogP contribution in [0.4, 0.5) is 0 Å². The molecular weight excluding hydrogens is 309 g/mol. The molecule has 1 aromatic carbocycles. The summed E-state index contributed by atoms with van der Waals surface area (Å²) in [7, 11) is 1.63. The molecule has 1 atom stereocenters. The van der Waals surface area contributed by atoms with Crippen molar-refractivity contribution in [1.82, 2.24) is 0 Å². The fourth-order valence-corrected chi connectivity index (χ4v) is 1.89. The van der Waals surface area contributed by atoms with Gasteiger partial charge in [-0.1, -0.05) is 59.1 Å². The Morgan fingerprint density at radius 2 is 2.00 bits per heavy atom. The van der Waals surface area contributed by atoms with Gasteiger partial charge in [0.1, 0.15) is 18.4 Å². The number of ether oxygens (including phenoxy) is 2. The summed E-state index contributed by atoms with van der Waals surface area (Å²) < 4.78 is 8.73. The van der Waals surface area contributed by atoms with E-state index in [-0.39, 0.29) is 11.9 Å². The SMILES string of the molecule is COc1ccc(/C=C\C2COC(C(Cl)(Cl)Cl)=N2)cc1. The molecule has 0 aromatic heterocycles. The van der Waals surface area contributed by atoms with Gasteiger partial charge in [-0.3, -0.25) is 0 Å². The fourth-order valence-electron chi connectivity index (χ4n) is 1.58. The summed E-state index contributed by atoms with van der Waals surface area (Å²) in [4.78, 5) is 4.20. The molecule has 0 spiro atoms. The van der Waals surface area contributed by atoms with Gasteiger partial charge in [0.15, 0.2) is 0 Å². The van der Waals surface area contributed by atoms with Gasteiger partial charge in [-0.05, 0) is 17.7 Å². The van der Waals surface area contributed by atoms with Gasteiger partial charge in [0, 0.05) is 0 Å². The summed E-state index contributed by atoms with van der Waals surface area (Å²) >= 11 is 17.1. The number of hydrogen-bond acceptors (Lipinski definition) is 3. The maximum Gasteiger partial charge on any atom is 0.266 e. The van der Waals surface area contributed by atoms with Crippen LogP contribution < -0.4 is 4.74 Å². The van der Waals surface area contributed by atoms with E-state index in [4.69, 9.17) is 44.3 Å². The van der Waals surface area contributed by atoms with E-state index in [1.807, 2.05) is 36.4 Å². The van der Waals surface area contributed by atoms with Crippen LogP contribution in [0.25, 0.3) is 6.08 Å². The number of benzene rings is 1. The quantitative estimate of drug-likeness (QED) is 0.791. The summed E-state index contributed by atoms with van der Waals surface area (Å²) in [5.41, 5.74) is 1.04. The second kappa shape index (κ2) is 6.04. The number of methoxy groups -OCH3 is 1. The zero-order valence-corrected chi connectivity index (χ0v) is 12.4. The van der Waals surface area contributed by atoms with Gasteiger partial charge < -0.3 is 9.47 Å². The van der Waals surface area contributed by atoms with Crippen LogP contribution in [0.3, 0.4) is 0 Å². The van der Waals surface area contributed by atoms with Crippen molar-refractivity contribution >= 4 is 46.8 Å². The van der Waals surface area contributed by atoms with Gasteiger partial charge in [-0.25, -0.2) is 4.99 Å². The van der Waals surface area contributed by atoms with Crippen molar-refractivity contribution in [2.24, 2.45) is 4.99 Å². The Hall–Kier alpha value is -0.900. The molecule has 3 nitrogen and oxygen atoms in total. The highest BCUT2D eigenvalue weighted by molar-refractivity contribution is 6.76. The number of nitrogens with zero attached hydrogens (tertiary/aromatic N) is 1. The van der Waals surface area contributed by atoms with Crippen LogP contribution in [0, 0.1) is 0 Å². The van der Waals surface area contributed by atoms with Crippen molar-refractivity contribution in [3.05, 3.63) is 35.9 Å². The first kappa shape index (κ1) is 14.5. The maximum absolute atomic E-state index is 5.69. The van der Waals surface area contributed by atoms with Gasteiger partial charge in [-0.15, -0.1) is 0 Å². The lowest BCUT2D eigenvalue weighted by molar-refractivity contribution is 0.326. The van der Waals surface area contributed by atoms with Gasteiger partial charge >= 0.3 is 0 Å². The molecule has 2 rings (SSSR count). The van der Waals surface area contributed by atoms with Crippen LogP contribution in [-0.2, 0) is 4.74 Å². The molecule has 102 valence electrons. The average Bonchev–Trinajstić information content (AvgIpc) is 2.86. The predicted molar refractivity (Wildman–Crippen MR) is 79.5 cm³/mol. The first-order valence-corrected chi connectivity index (χ1v) is 6.72. The summed E-state index contributed by atoms with van der Waals surface area (Å²) in [6.07, 6.45) is 3.85. The van der Waals surface area contributed by atoms with E-state index in [0.29, 0.717) is 6.61 Å². The number of hydrogen-bond donors (Lipinski definition) is 0. The minimum Gasteiger partial charge on any atom is -0.497 e. The van der Waals surface area contributed by atoms with Crippen LogP contribution in [-0.4, -0.2) is 29.4 Å². The zero-order chi connectivity index (χ0) is 13.9. The highest BCUT2D eigenvalue weighted by Gasteiger charge is 2.34. The third-order valence-corrected chi connectivity index (χ3v) is 3.03. The lowest BCUT2D eigenvalue weighted by atomic mass is 10.2. The standard InChI is InChI=1S/C13H12Cl3NO2/c1-18-11-6-3-9(4-7-11)2-5-10-8-19-12(17-10)13(14,15)16/h2-7,10H,8H2,1H3/b5-2-. The number of alkyl halides is 3. The van der Waals surface area contributed by atoms with E-state index in [9.17, 15) is 0 Å². The summed E-state index contributed by atoms with van der Waals surface area (Å²) in [5.74, 6) is 0.958. The van der Waals surface area contributed by atoms with Crippen molar-refractivity contribution in [3.63, 3.8) is 0 Å². The Balaban J connectivity index is 2.01. The molecule has 0 saturated carbocycles. The van der Waals surface area contributed by atoms with Crippen molar-refractivity contribution in [2.75, 3.05) is 13.7 Å². The second-order valence-electron chi connectivity index (χ2n) is 3.94. The molecule has 1 aliphatic heterocycles. The van der Waals surface area contributed by atoms with E-state index in [1.54, 1.807) is 7.11 Å². The van der Waals surface area contributed by atoms with Crippen molar-refractivity contribution < 1.29 is 9.47 Å². The Bertz CT molecular complexity index is 492. The van der Waals surface area contributed by atoms with Crippen LogP contribution in [0.15, 0.2) is 35.3 Å².